The molecule has 0 radical (unpaired) electrons. The summed E-state index contributed by atoms with van der Waals surface area (Å²) < 4.78 is 5.06. The SMILES string of the molecule is COc1c(Cl)cc(Cl)cc1/C=C(\C#N)C(N)=O. The highest BCUT2D eigenvalue weighted by molar-refractivity contribution is 6.36. The third-order valence-corrected chi connectivity index (χ3v) is 2.43. The molecule has 0 unspecified atom stereocenters. The molecule has 0 saturated heterocycles. The predicted molar refractivity (Wildman–Crippen MR) is 65.8 cm³/mol. The highest BCUT2D eigenvalue weighted by Crippen LogP contribution is 2.33. The van der Waals surface area contributed by atoms with Gasteiger partial charge in [-0.3, -0.25) is 4.79 Å². The molecule has 1 amide bonds. The fourth-order valence-electron chi connectivity index (χ4n) is 1.22. The first-order chi connectivity index (χ1) is 7.99. The molecule has 88 valence electrons. The summed E-state index contributed by atoms with van der Waals surface area (Å²) in [6.07, 6.45) is 1.28. The van der Waals surface area contributed by atoms with Crippen LogP contribution in [0.1, 0.15) is 5.56 Å². The van der Waals surface area contributed by atoms with Crippen LogP contribution in [0.4, 0.5) is 0 Å². The minimum atomic E-state index is -0.828. The van der Waals surface area contributed by atoms with Crippen molar-refractivity contribution in [1.29, 1.82) is 5.26 Å². The normalized spacial score (nSPS) is 10.8. The average molecular weight is 271 g/mol. The Labute approximate surface area is 108 Å². The Morgan fingerprint density at radius 3 is 2.65 bits per heavy atom. The Bertz CT molecular complexity index is 533. The van der Waals surface area contributed by atoms with Crippen molar-refractivity contribution in [3.05, 3.63) is 33.3 Å². The number of carbonyl (C=O) groups is 1. The molecule has 0 atom stereocenters. The monoisotopic (exact) mass is 270 g/mol. The minimum absolute atomic E-state index is 0.207. The van der Waals surface area contributed by atoms with Crippen LogP contribution >= 0.6 is 23.2 Å². The lowest BCUT2D eigenvalue weighted by Gasteiger charge is -2.08. The Kier molecular flexibility index (Phi) is 4.38. The maximum absolute atomic E-state index is 10.9. The zero-order valence-corrected chi connectivity index (χ0v) is 10.3. The number of rotatable bonds is 3. The molecule has 0 aliphatic heterocycles. The van der Waals surface area contributed by atoms with Crippen LogP contribution in [0.2, 0.25) is 10.0 Å². The number of amides is 1. The second-order valence-electron chi connectivity index (χ2n) is 3.04. The lowest BCUT2D eigenvalue weighted by Crippen LogP contribution is -2.12. The summed E-state index contributed by atoms with van der Waals surface area (Å²) in [4.78, 5) is 10.9. The fraction of sp³-hybridized carbons (Fsp3) is 0.0909. The number of halogens is 2. The lowest BCUT2D eigenvalue weighted by molar-refractivity contribution is -0.114. The second kappa shape index (κ2) is 5.58. The number of methoxy groups -OCH3 is 1. The largest absolute Gasteiger partial charge is 0.495 e. The zero-order valence-electron chi connectivity index (χ0n) is 8.83. The van der Waals surface area contributed by atoms with Crippen LogP contribution in [0.25, 0.3) is 6.08 Å². The molecule has 0 fully saturated rings. The summed E-state index contributed by atoms with van der Waals surface area (Å²) in [5, 5.41) is 9.38. The number of carbonyl (C=O) groups excluding carboxylic acids is 1. The van der Waals surface area contributed by atoms with E-state index in [0.717, 1.165) is 0 Å². The Hall–Kier alpha value is -1.70. The van der Waals surface area contributed by atoms with E-state index in [0.29, 0.717) is 16.3 Å². The summed E-state index contributed by atoms with van der Waals surface area (Å²) in [6.45, 7) is 0. The van der Waals surface area contributed by atoms with Gasteiger partial charge in [-0.2, -0.15) is 5.26 Å². The van der Waals surface area contributed by atoms with Crippen LogP contribution in [-0.2, 0) is 4.79 Å². The molecule has 0 heterocycles. The molecule has 1 aromatic rings. The van der Waals surface area contributed by atoms with Gasteiger partial charge in [0.1, 0.15) is 17.4 Å². The standard InChI is InChI=1S/C11H8Cl2N2O2/c1-17-10-6(2-7(5-14)11(15)16)3-8(12)4-9(10)13/h2-4H,1H3,(H2,15,16)/b7-2+. The van der Waals surface area contributed by atoms with Gasteiger partial charge in [0, 0.05) is 10.6 Å². The van der Waals surface area contributed by atoms with Gasteiger partial charge in [0.05, 0.1) is 12.1 Å². The number of primary amides is 1. The Balaban J connectivity index is 3.41. The van der Waals surface area contributed by atoms with E-state index in [9.17, 15) is 4.79 Å². The molecule has 6 heteroatoms. The van der Waals surface area contributed by atoms with Crippen molar-refractivity contribution in [2.45, 2.75) is 0 Å². The highest BCUT2D eigenvalue weighted by atomic mass is 35.5. The summed E-state index contributed by atoms with van der Waals surface area (Å²) in [5.74, 6) is -0.504. The second-order valence-corrected chi connectivity index (χ2v) is 3.89. The average Bonchev–Trinajstić information content (AvgIpc) is 2.24. The van der Waals surface area contributed by atoms with E-state index in [-0.39, 0.29) is 10.6 Å². The number of benzene rings is 1. The van der Waals surface area contributed by atoms with Crippen LogP contribution in [-0.4, -0.2) is 13.0 Å². The van der Waals surface area contributed by atoms with Gasteiger partial charge < -0.3 is 10.5 Å². The van der Waals surface area contributed by atoms with Crippen LogP contribution in [0.3, 0.4) is 0 Å². The zero-order chi connectivity index (χ0) is 13.0. The van der Waals surface area contributed by atoms with E-state index in [1.54, 1.807) is 6.07 Å². The van der Waals surface area contributed by atoms with Crippen LogP contribution in [0.15, 0.2) is 17.7 Å². The number of nitriles is 1. The molecule has 17 heavy (non-hydrogen) atoms. The van der Waals surface area contributed by atoms with Gasteiger partial charge in [-0.05, 0) is 18.2 Å². The maximum Gasteiger partial charge on any atom is 0.259 e. The van der Waals surface area contributed by atoms with Crippen molar-refractivity contribution in [1.82, 2.24) is 0 Å². The molecule has 2 N–H and O–H groups in total. The molecule has 0 aliphatic rings. The first kappa shape index (κ1) is 13.4. The van der Waals surface area contributed by atoms with Gasteiger partial charge >= 0.3 is 0 Å². The first-order valence-electron chi connectivity index (χ1n) is 4.44. The van der Waals surface area contributed by atoms with Crippen LogP contribution < -0.4 is 10.5 Å². The fourth-order valence-corrected chi connectivity index (χ4v) is 1.80. The third-order valence-electron chi connectivity index (χ3n) is 1.93. The molecular formula is C11H8Cl2N2O2. The van der Waals surface area contributed by atoms with E-state index in [2.05, 4.69) is 0 Å². The maximum atomic E-state index is 10.9. The van der Waals surface area contributed by atoms with Gasteiger partial charge in [0.15, 0.2) is 0 Å². The molecule has 0 spiro atoms. The summed E-state index contributed by atoms with van der Waals surface area (Å²) in [5.41, 5.74) is 5.24. The smallest absolute Gasteiger partial charge is 0.259 e. The van der Waals surface area contributed by atoms with Crippen LogP contribution in [0.5, 0.6) is 5.75 Å². The summed E-state index contributed by atoms with van der Waals surface area (Å²) in [7, 11) is 1.42. The van der Waals surface area contributed by atoms with E-state index >= 15 is 0 Å². The van der Waals surface area contributed by atoms with Gasteiger partial charge in [0.25, 0.3) is 5.91 Å². The van der Waals surface area contributed by atoms with E-state index in [1.165, 1.54) is 25.3 Å². The van der Waals surface area contributed by atoms with E-state index < -0.39 is 5.91 Å². The van der Waals surface area contributed by atoms with E-state index in [4.69, 9.17) is 38.9 Å². The Morgan fingerprint density at radius 2 is 2.18 bits per heavy atom. The predicted octanol–water partition coefficient (Wildman–Crippen LogP) is 2.39. The topological polar surface area (TPSA) is 76.1 Å². The molecule has 0 bridgehead atoms. The molecule has 0 aliphatic carbocycles. The van der Waals surface area contributed by atoms with Crippen LogP contribution in [0, 0.1) is 11.3 Å². The molecular weight excluding hydrogens is 263 g/mol. The third kappa shape index (κ3) is 3.13. The number of nitrogens with zero attached hydrogens (tertiary/aromatic N) is 1. The van der Waals surface area contributed by atoms with Crippen molar-refractivity contribution in [3.63, 3.8) is 0 Å². The minimum Gasteiger partial charge on any atom is -0.495 e. The number of nitrogens with two attached hydrogens (primary N) is 1. The van der Waals surface area contributed by atoms with Gasteiger partial charge in [-0.1, -0.05) is 23.2 Å². The van der Waals surface area contributed by atoms with Gasteiger partial charge in [-0.25, -0.2) is 0 Å². The summed E-state index contributed by atoms with van der Waals surface area (Å²) in [6, 6.07) is 4.70. The quantitative estimate of drug-likeness (QED) is 0.677. The summed E-state index contributed by atoms with van der Waals surface area (Å²) >= 11 is 11.7. The van der Waals surface area contributed by atoms with Crippen molar-refractivity contribution >= 4 is 35.2 Å². The number of hydrogen-bond donors (Lipinski definition) is 1. The van der Waals surface area contributed by atoms with Crippen molar-refractivity contribution in [2.75, 3.05) is 7.11 Å². The number of hydrogen-bond acceptors (Lipinski definition) is 3. The first-order valence-corrected chi connectivity index (χ1v) is 5.19. The highest BCUT2D eigenvalue weighted by Gasteiger charge is 2.11. The number of ether oxygens (including phenoxy) is 1. The van der Waals surface area contributed by atoms with E-state index in [1.807, 2.05) is 0 Å². The lowest BCUT2D eigenvalue weighted by atomic mass is 10.1. The van der Waals surface area contributed by atoms with Gasteiger partial charge in [0.2, 0.25) is 0 Å². The Morgan fingerprint density at radius 1 is 1.53 bits per heavy atom. The molecule has 0 aromatic heterocycles. The molecule has 0 saturated carbocycles. The van der Waals surface area contributed by atoms with Crippen molar-refractivity contribution in [3.8, 4) is 11.8 Å². The molecule has 4 nitrogen and oxygen atoms in total. The molecule has 1 aromatic carbocycles. The van der Waals surface area contributed by atoms with Gasteiger partial charge in [-0.15, -0.1) is 0 Å². The van der Waals surface area contributed by atoms with Crippen molar-refractivity contribution < 1.29 is 9.53 Å². The molecule has 1 rings (SSSR count). The van der Waals surface area contributed by atoms with Crippen molar-refractivity contribution in [2.24, 2.45) is 5.73 Å².